The van der Waals surface area contributed by atoms with E-state index in [-0.39, 0.29) is 30.9 Å². The number of rotatable bonds is 7. The number of benzene rings is 3. The summed E-state index contributed by atoms with van der Waals surface area (Å²) in [7, 11) is 0. The lowest BCUT2D eigenvalue weighted by Gasteiger charge is -2.40. The summed E-state index contributed by atoms with van der Waals surface area (Å²) in [6, 6.07) is 23.6. The number of hydrogen-bond acceptors (Lipinski definition) is 5. The van der Waals surface area contributed by atoms with Crippen LogP contribution in [0.3, 0.4) is 0 Å². The van der Waals surface area contributed by atoms with Crippen molar-refractivity contribution < 1.29 is 24.2 Å². The maximum Gasteiger partial charge on any atom is 0.253 e. The van der Waals surface area contributed by atoms with Gasteiger partial charge in [-0.2, -0.15) is 0 Å². The number of hydrogen-bond donors (Lipinski definition) is 1. The number of anilines is 1. The second-order valence-electron chi connectivity index (χ2n) is 13.5. The molecule has 47 heavy (non-hydrogen) atoms. The lowest BCUT2D eigenvalue weighted by molar-refractivity contribution is -0.151. The molecular weight excluding hydrogens is 590 g/mol. The molecule has 1 N–H and O–H groups in total. The van der Waals surface area contributed by atoms with Crippen molar-refractivity contribution in [2.24, 2.45) is 11.8 Å². The SMILES string of the molecule is Cc1ccc(C)c(N2CC=C[C@]34O[C@]5(C)C=CCN(Cc6ccccc6)C(=O)[C@@H]5[C@H]3C(=O)N([C@@H](CO)Cc3ccccc3)C4C2=O)c1. The number of aliphatic hydroxyl groups excluding tert-OH is 1. The van der Waals surface area contributed by atoms with Crippen LogP contribution < -0.4 is 4.90 Å². The van der Waals surface area contributed by atoms with Crippen LogP contribution in [0.25, 0.3) is 0 Å². The normalized spacial score (nSPS) is 29.0. The van der Waals surface area contributed by atoms with E-state index in [9.17, 15) is 9.90 Å². The Balaban J connectivity index is 1.35. The fourth-order valence-corrected chi connectivity index (χ4v) is 8.21. The Morgan fingerprint density at radius 3 is 2.21 bits per heavy atom. The van der Waals surface area contributed by atoms with E-state index in [1.807, 2.05) is 124 Å². The molecule has 8 heteroatoms. The summed E-state index contributed by atoms with van der Waals surface area (Å²) in [6.45, 7) is 6.52. The molecule has 3 amide bonds. The summed E-state index contributed by atoms with van der Waals surface area (Å²) in [5, 5.41) is 10.9. The summed E-state index contributed by atoms with van der Waals surface area (Å²) in [5.41, 5.74) is 2.09. The third kappa shape index (κ3) is 5.11. The van der Waals surface area contributed by atoms with Crippen molar-refractivity contribution in [1.29, 1.82) is 0 Å². The highest BCUT2D eigenvalue weighted by Crippen LogP contribution is 2.58. The summed E-state index contributed by atoms with van der Waals surface area (Å²) in [5.74, 6) is -2.65. The van der Waals surface area contributed by atoms with Crippen molar-refractivity contribution in [3.05, 3.63) is 125 Å². The van der Waals surface area contributed by atoms with Crippen LogP contribution in [0.15, 0.2) is 103 Å². The van der Waals surface area contributed by atoms with Gasteiger partial charge in [-0.05, 0) is 55.5 Å². The van der Waals surface area contributed by atoms with Gasteiger partial charge in [-0.25, -0.2) is 0 Å². The third-order valence-corrected chi connectivity index (χ3v) is 10.4. The van der Waals surface area contributed by atoms with E-state index in [1.54, 1.807) is 14.7 Å². The molecule has 7 rings (SSSR count). The fourth-order valence-electron chi connectivity index (χ4n) is 8.21. The van der Waals surface area contributed by atoms with Gasteiger partial charge in [0.25, 0.3) is 5.91 Å². The maximum atomic E-state index is 15.0. The highest BCUT2D eigenvalue weighted by atomic mass is 16.5. The number of aliphatic hydroxyl groups is 1. The first-order valence-electron chi connectivity index (χ1n) is 16.4. The number of amides is 3. The molecule has 0 aliphatic carbocycles. The van der Waals surface area contributed by atoms with Gasteiger partial charge in [-0.3, -0.25) is 14.4 Å². The van der Waals surface area contributed by atoms with Crippen molar-refractivity contribution in [1.82, 2.24) is 9.80 Å². The van der Waals surface area contributed by atoms with Gasteiger partial charge in [0.05, 0.1) is 30.1 Å². The Morgan fingerprint density at radius 2 is 1.51 bits per heavy atom. The molecule has 0 saturated carbocycles. The fraction of sp³-hybridized carbons (Fsp3) is 0.359. The van der Waals surface area contributed by atoms with Crippen LogP contribution in [0.1, 0.15) is 29.2 Å². The number of carbonyl (C=O) groups is 3. The smallest absolute Gasteiger partial charge is 0.253 e. The zero-order chi connectivity index (χ0) is 32.9. The van der Waals surface area contributed by atoms with Crippen molar-refractivity contribution in [3.8, 4) is 0 Å². The number of nitrogens with zero attached hydrogens (tertiary/aromatic N) is 3. The van der Waals surface area contributed by atoms with E-state index in [2.05, 4.69) is 0 Å². The Bertz CT molecular complexity index is 1760. The largest absolute Gasteiger partial charge is 0.394 e. The molecule has 4 aliphatic rings. The zero-order valence-corrected chi connectivity index (χ0v) is 27.1. The van der Waals surface area contributed by atoms with Crippen LogP contribution in [-0.2, 0) is 32.1 Å². The molecule has 4 heterocycles. The first-order chi connectivity index (χ1) is 22.7. The molecule has 6 atom stereocenters. The first-order valence-corrected chi connectivity index (χ1v) is 16.4. The number of likely N-dealkylation sites (tertiary alicyclic amines) is 1. The van der Waals surface area contributed by atoms with Gasteiger partial charge in [-0.15, -0.1) is 0 Å². The van der Waals surface area contributed by atoms with Crippen molar-refractivity contribution >= 4 is 23.4 Å². The second-order valence-corrected chi connectivity index (χ2v) is 13.5. The quantitative estimate of drug-likeness (QED) is 0.391. The molecule has 1 unspecified atom stereocenters. The van der Waals surface area contributed by atoms with Gasteiger partial charge >= 0.3 is 0 Å². The first kappa shape index (κ1) is 31.1. The zero-order valence-electron chi connectivity index (χ0n) is 27.1. The molecule has 4 aliphatic heterocycles. The summed E-state index contributed by atoms with van der Waals surface area (Å²) >= 11 is 0. The van der Waals surface area contributed by atoms with Crippen molar-refractivity contribution in [2.75, 3.05) is 24.6 Å². The lowest BCUT2D eigenvalue weighted by Crippen LogP contribution is -2.59. The van der Waals surface area contributed by atoms with E-state index in [1.165, 1.54) is 0 Å². The molecule has 1 spiro atoms. The topological polar surface area (TPSA) is 90.4 Å². The molecule has 0 aromatic heterocycles. The molecule has 0 bridgehead atoms. The number of fused-ring (bicyclic) bond motifs is 2. The average molecular weight is 632 g/mol. The molecule has 242 valence electrons. The van der Waals surface area contributed by atoms with Gasteiger partial charge in [0.1, 0.15) is 11.6 Å². The van der Waals surface area contributed by atoms with E-state index in [0.29, 0.717) is 19.5 Å². The minimum absolute atomic E-state index is 0.183. The van der Waals surface area contributed by atoms with Gasteiger partial charge in [0, 0.05) is 25.3 Å². The third-order valence-electron chi connectivity index (χ3n) is 10.4. The van der Waals surface area contributed by atoms with Gasteiger partial charge < -0.3 is 24.5 Å². The van der Waals surface area contributed by atoms with Crippen LogP contribution in [0.5, 0.6) is 0 Å². The number of carbonyl (C=O) groups excluding carboxylic acids is 3. The van der Waals surface area contributed by atoms with Crippen LogP contribution in [0.4, 0.5) is 5.69 Å². The molecule has 2 fully saturated rings. The second kappa shape index (κ2) is 11.9. The van der Waals surface area contributed by atoms with Crippen LogP contribution in [-0.4, -0.2) is 75.6 Å². The average Bonchev–Trinajstić information content (AvgIpc) is 3.35. The van der Waals surface area contributed by atoms with Crippen molar-refractivity contribution in [3.63, 3.8) is 0 Å². The van der Waals surface area contributed by atoms with Crippen molar-refractivity contribution in [2.45, 2.75) is 57.0 Å². The van der Waals surface area contributed by atoms with Gasteiger partial charge in [0.2, 0.25) is 11.8 Å². The van der Waals surface area contributed by atoms with E-state index in [4.69, 9.17) is 4.74 Å². The predicted molar refractivity (Wildman–Crippen MR) is 179 cm³/mol. The summed E-state index contributed by atoms with van der Waals surface area (Å²) < 4.78 is 7.04. The molecule has 3 aromatic rings. The molecule has 8 nitrogen and oxygen atoms in total. The standard InChI is InChI=1S/C39H41N3O5/c1-26-16-17-27(2)31(22-26)41-21-11-19-39-33(36(45)42(34(39)37(41)46)30(25-43)23-28-12-6-4-7-13-28)32-35(44)40(20-10-18-38(32,3)47-39)24-29-14-8-5-9-15-29/h4-19,22,30,32-34,43H,20-21,23-25H2,1-3H3/t30-,32+,33+,34?,38-,39+/m1/s1. The van der Waals surface area contributed by atoms with E-state index in [0.717, 1.165) is 27.9 Å². The monoisotopic (exact) mass is 631 g/mol. The summed E-state index contributed by atoms with van der Waals surface area (Å²) in [6.07, 6.45) is 7.95. The highest BCUT2D eigenvalue weighted by Gasteiger charge is 2.75. The van der Waals surface area contributed by atoms with E-state index < -0.39 is 35.1 Å². The van der Waals surface area contributed by atoms with Crippen LogP contribution >= 0.6 is 0 Å². The summed E-state index contributed by atoms with van der Waals surface area (Å²) in [4.78, 5) is 49.7. The Kier molecular flexibility index (Phi) is 7.89. The van der Waals surface area contributed by atoms with Gasteiger partial charge in [-0.1, -0.05) is 97.1 Å². The number of aryl methyl sites for hydroxylation is 2. The lowest BCUT2D eigenvalue weighted by atomic mass is 9.74. The van der Waals surface area contributed by atoms with E-state index >= 15 is 9.59 Å². The Hall–Kier alpha value is -4.53. The Morgan fingerprint density at radius 1 is 0.830 bits per heavy atom. The maximum absolute atomic E-state index is 15.0. The Labute approximate surface area is 275 Å². The van der Waals surface area contributed by atoms with Gasteiger partial charge in [0.15, 0.2) is 0 Å². The minimum atomic E-state index is -1.42. The molecule has 2 saturated heterocycles. The number of ether oxygens (including phenoxy) is 1. The van der Waals surface area contributed by atoms with Crippen LogP contribution in [0.2, 0.25) is 0 Å². The van der Waals surface area contributed by atoms with Crippen LogP contribution in [0, 0.1) is 25.7 Å². The molecule has 0 radical (unpaired) electrons. The molecular formula is C39H41N3O5. The molecule has 3 aromatic carbocycles. The predicted octanol–water partition coefficient (Wildman–Crippen LogP) is 4.38. The minimum Gasteiger partial charge on any atom is -0.394 e. The highest BCUT2D eigenvalue weighted by molar-refractivity contribution is 6.06.